The molecular weight excluding hydrogens is 460 g/mol. The van der Waals surface area contributed by atoms with Crippen molar-refractivity contribution in [1.29, 1.82) is 0 Å². The third-order valence-corrected chi connectivity index (χ3v) is 8.25. The summed E-state index contributed by atoms with van der Waals surface area (Å²) < 4.78 is 4.60. The third kappa shape index (κ3) is 4.85. The lowest BCUT2D eigenvalue weighted by atomic mass is 10.0. The van der Waals surface area contributed by atoms with E-state index in [1.165, 1.54) is 91.5 Å². The molecule has 0 saturated heterocycles. The molecule has 6 rings (SSSR count). The van der Waals surface area contributed by atoms with Crippen LogP contribution in [0.5, 0.6) is 0 Å². The van der Waals surface area contributed by atoms with Gasteiger partial charge in [-0.3, -0.25) is 0 Å². The Labute approximate surface area is 227 Å². The highest BCUT2D eigenvalue weighted by Gasteiger charge is 2.10. The second-order valence-electron chi connectivity index (χ2n) is 10.9. The van der Waals surface area contributed by atoms with Crippen molar-refractivity contribution >= 4 is 43.6 Å². The fourth-order valence-electron chi connectivity index (χ4n) is 5.87. The van der Waals surface area contributed by atoms with Crippen molar-refractivity contribution in [3.63, 3.8) is 0 Å². The summed E-state index contributed by atoms with van der Waals surface area (Å²) in [5.41, 5.74) is 11.0. The Kier molecular flexibility index (Phi) is 7.61. The lowest BCUT2D eigenvalue weighted by molar-refractivity contribution is 0.718. The van der Waals surface area contributed by atoms with Crippen molar-refractivity contribution in [2.75, 3.05) is 0 Å². The molecule has 0 aliphatic carbocycles. The van der Waals surface area contributed by atoms with E-state index in [9.17, 15) is 0 Å². The summed E-state index contributed by atoms with van der Waals surface area (Å²) in [5.74, 6) is 0. The lowest BCUT2D eigenvalue weighted by Crippen LogP contribution is -1.88. The highest BCUT2D eigenvalue weighted by Crippen LogP contribution is 2.31. The maximum Gasteiger partial charge on any atom is 0.0488 e. The standard InChI is InChI=1S/C19H23N.C17H19N/c1-4-5-6-7-15-9-11-19-17(13-15)16-12-14(2)8-10-18(16)20(19)3;1-4-12-6-8-16-14(10-12)15-11-13(5-2)7-9-17(15)18(16)3/h8-13H,4-7H2,1-3H3;6-11H,4-5H2,1-3H3. The van der Waals surface area contributed by atoms with Crippen molar-refractivity contribution in [3.05, 3.63) is 95.1 Å². The topological polar surface area (TPSA) is 9.86 Å². The van der Waals surface area contributed by atoms with Gasteiger partial charge >= 0.3 is 0 Å². The molecule has 0 amide bonds. The number of hydrogen-bond donors (Lipinski definition) is 0. The number of rotatable bonds is 6. The van der Waals surface area contributed by atoms with Crippen LogP contribution in [0.2, 0.25) is 0 Å². The number of hydrogen-bond acceptors (Lipinski definition) is 0. The molecule has 4 aromatic carbocycles. The first-order valence-corrected chi connectivity index (χ1v) is 14.4. The molecular formula is C36H42N2. The van der Waals surface area contributed by atoms with E-state index in [2.05, 4.69) is 124 Å². The van der Waals surface area contributed by atoms with Crippen molar-refractivity contribution in [2.24, 2.45) is 14.1 Å². The van der Waals surface area contributed by atoms with Gasteiger partial charge in [-0.15, -0.1) is 0 Å². The summed E-state index contributed by atoms with van der Waals surface area (Å²) in [6, 6.07) is 27.4. The molecule has 0 unspecified atom stereocenters. The maximum atomic E-state index is 2.40. The number of nitrogens with zero attached hydrogens (tertiary/aromatic N) is 2. The molecule has 0 fully saturated rings. The van der Waals surface area contributed by atoms with Gasteiger partial charge in [0.1, 0.15) is 0 Å². The van der Waals surface area contributed by atoms with E-state index in [-0.39, 0.29) is 0 Å². The number of aromatic nitrogens is 2. The molecule has 0 atom stereocenters. The second-order valence-corrected chi connectivity index (χ2v) is 10.9. The maximum absolute atomic E-state index is 2.40. The third-order valence-electron chi connectivity index (χ3n) is 8.25. The van der Waals surface area contributed by atoms with E-state index >= 15 is 0 Å². The van der Waals surface area contributed by atoms with Gasteiger partial charge in [0.2, 0.25) is 0 Å². The summed E-state index contributed by atoms with van der Waals surface area (Å²) in [4.78, 5) is 0. The number of fused-ring (bicyclic) bond motifs is 6. The average Bonchev–Trinajstić information content (AvgIpc) is 3.38. The molecule has 0 saturated carbocycles. The minimum absolute atomic E-state index is 1.10. The fourth-order valence-corrected chi connectivity index (χ4v) is 5.87. The van der Waals surface area contributed by atoms with E-state index in [4.69, 9.17) is 0 Å². The molecule has 0 radical (unpaired) electrons. The molecule has 2 aromatic heterocycles. The van der Waals surface area contributed by atoms with Crippen LogP contribution in [0.15, 0.2) is 72.8 Å². The van der Waals surface area contributed by atoms with Gasteiger partial charge in [0, 0.05) is 57.7 Å². The smallest absolute Gasteiger partial charge is 0.0488 e. The Bertz CT molecular complexity index is 1670. The Hall–Kier alpha value is -3.52. The number of benzene rings is 4. The van der Waals surface area contributed by atoms with Gasteiger partial charge in [-0.1, -0.05) is 63.4 Å². The highest BCUT2D eigenvalue weighted by molar-refractivity contribution is 6.09. The number of unbranched alkanes of at least 4 members (excludes halogenated alkanes) is 2. The zero-order valence-electron chi connectivity index (χ0n) is 24.1. The van der Waals surface area contributed by atoms with Crippen LogP contribution in [0.25, 0.3) is 43.6 Å². The molecule has 0 bridgehead atoms. The molecule has 38 heavy (non-hydrogen) atoms. The van der Waals surface area contributed by atoms with Crippen LogP contribution in [0.4, 0.5) is 0 Å². The van der Waals surface area contributed by atoms with Crippen molar-refractivity contribution < 1.29 is 0 Å². The minimum atomic E-state index is 1.10. The summed E-state index contributed by atoms with van der Waals surface area (Å²) in [6.07, 6.45) is 7.31. The molecule has 6 aromatic rings. The van der Waals surface area contributed by atoms with Crippen LogP contribution >= 0.6 is 0 Å². The fraction of sp³-hybridized carbons (Fsp3) is 0.333. The Morgan fingerprint density at radius 2 is 0.921 bits per heavy atom. The first-order valence-electron chi connectivity index (χ1n) is 14.4. The minimum Gasteiger partial charge on any atom is -0.344 e. The van der Waals surface area contributed by atoms with E-state index in [0.717, 1.165) is 12.8 Å². The molecule has 2 nitrogen and oxygen atoms in total. The van der Waals surface area contributed by atoms with Crippen LogP contribution in [-0.2, 0) is 33.4 Å². The summed E-state index contributed by atoms with van der Waals surface area (Å²) in [5, 5.41) is 5.57. The zero-order valence-corrected chi connectivity index (χ0v) is 24.1. The summed E-state index contributed by atoms with van der Waals surface area (Å²) in [7, 11) is 4.32. The second kappa shape index (κ2) is 11.1. The van der Waals surface area contributed by atoms with Gasteiger partial charge < -0.3 is 9.13 Å². The SMILES string of the molecule is CCCCCc1ccc2c(c1)c1cc(C)ccc1n2C.CCc1ccc2c(c1)c1cc(CC)ccc1n2C. The lowest BCUT2D eigenvalue weighted by Gasteiger charge is -2.02. The average molecular weight is 503 g/mol. The largest absolute Gasteiger partial charge is 0.344 e. The normalized spacial score (nSPS) is 11.5. The van der Waals surface area contributed by atoms with E-state index in [1.54, 1.807) is 0 Å². The molecule has 0 aliphatic rings. The summed E-state index contributed by atoms with van der Waals surface area (Å²) in [6.45, 7) is 8.85. The first-order chi connectivity index (χ1) is 18.4. The predicted molar refractivity (Wildman–Crippen MR) is 168 cm³/mol. The molecule has 2 heteroatoms. The zero-order chi connectivity index (χ0) is 26.8. The molecule has 0 aliphatic heterocycles. The monoisotopic (exact) mass is 502 g/mol. The Morgan fingerprint density at radius 1 is 0.500 bits per heavy atom. The molecule has 2 heterocycles. The molecule has 196 valence electrons. The van der Waals surface area contributed by atoms with Crippen molar-refractivity contribution in [2.45, 2.75) is 66.2 Å². The number of aryl methyl sites for hydroxylation is 6. The van der Waals surface area contributed by atoms with Gasteiger partial charge in [0.15, 0.2) is 0 Å². The highest BCUT2D eigenvalue weighted by atomic mass is 14.9. The van der Waals surface area contributed by atoms with Crippen molar-refractivity contribution in [3.8, 4) is 0 Å². The van der Waals surface area contributed by atoms with Gasteiger partial charge in [-0.2, -0.15) is 0 Å². The van der Waals surface area contributed by atoms with E-state index < -0.39 is 0 Å². The van der Waals surface area contributed by atoms with Gasteiger partial charge in [-0.25, -0.2) is 0 Å². The van der Waals surface area contributed by atoms with Crippen LogP contribution in [0, 0.1) is 6.92 Å². The van der Waals surface area contributed by atoms with Crippen LogP contribution in [0.3, 0.4) is 0 Å². The van der Waals surface area contributed by atoms with Gasteiger partial charge in [-0.05, 0) is 97.8 Å². The first kappa shape index (κ1) is 26.1. The predicted octanol–water partition coefficient (Wildman–Crippen LogP) is 9.83. The summed E-state index contributed by atoms with van der Waals surface area (Å²) >= 11 is 0. The van der Waals surface area contributed by atoms with E-state index in [0.29, 0.717) is 0 Å². The van der Waals surface area contributed by atoms with Crippen LogP contribution in [-0.4, -0.2) is 9.13 Å². The van der Waals surface area contributed by atoms with Crippen molar-refractivity contribution in [1.82, 2.24) is 9.13 Å². The van der Waals surface area contributed by atoms with Gasteiger partial charge in [0.25, 0.3) is 0 Å². The van der Waals surface area contributed by atoms with Gasteiger partial charge in [0.05, 0.1) is 0 Å². The Morgan fingerprint density at radius 3 is 1.39 bits per heavy atom. The Balaban J connectivity index is 0.000000156. The molecule has 0 N–H and O–H groups in total. The van der Waals surface area contributed by atoms with Crippen LogP contribution in [0.1, 0.15) is 62.3 Å². The van der Waals surface area contributed by atoms with Crippen LogP contribution < -0.4 is 0 Å². The molecule has 0 spiro atoms. The van der Waals surface area contributed by atoms with E-state index in [1.807, 2.05) is 0 Å². The quantitative estimate of drug-likeness (QED) is 0.201.